The van der Waals surface area contributed by atoms with Crippen LogP contribution in [0.2, 0.25) is 0 Å². The van der Waals surface area contributed by atoms with Gasteiger partial charge in [-0.3, -0.25) is 0 Å². The minimum absolute atomic E-state index is 0.105. The number of nitrogens with zero attached hydrogens (tertiary/aromatic N) is 1. The van der Waals surface area contributed by atoms with E-state index in [1.54, 1.807) is 6.07 Å². The molecule has 3 rings (SSSR count). The standard InChI is InChI=1S/C16H11BrFNO2/c17-13-8-11(5-6-14(13)18)21-16-7-10(9-20)12-3-1-2-4-15(12)19-16/h1-8,20H,9H2. The van der Waals surface area contributed by atoms with Crippen molar-refractivity contribution in [2.24, 2.45) is 0 Å². The molecule has 0 aliphatic heterocycles. The first-order valence-electron chi connectivity index (χ1n) is 6.30. The lowest BCUT2D eigenvalue weighted by Gasteiger charge is -2.09. The summed E-state index contributed by atoms with van der Waals surface area (Å²) >= 11 is 3.11. The molecule has 106 valence electrons. The van der Waals surface area contributed by atoms with E-state index < -0.39 is 0 Å². The smallest absolute Gasteiger partial charge is 0.220 e. The van der Waals surface area contributed by atoms with E-state index in [1.165, 1.54) is 18.2 Å². The highest BCUT2D eigenvalue weighted by Crippen LogP contribution is 2.28. The van der Waals surface area contributed by atoms with Crippen LogP contribution in [-0.4, -0.2) is 10.1 Å². The molecule has 0 saturated heterocycles. The van der Waals surface area contributed by atoms with Gasteiger partial charge in [0.25, 0.3) is 0 Å². The number of hydrogen-bond donors (Lipinski definition) is 1. The van der Waals surface area contributed by atoms with Gasteiger partial charge in [-0.25, -0.2) is 9.37 Å². The summed E-state index contributed by atoms with van der Waals surface area (Å²) in [6.07, 6.45) is 0. The Hall–Kier alpha value is -1.98. The first-order valence-corrected chi connectivity index (χ1v) is 7.09. The highest BCUT2D eigenvalue weighted by atomic mass is 79.9. The summed E-state index contributed by atoms with van der Waals surface area (Å²) in [6.45, 7) is -0.105. The van der Waals surface area contributed by atoms with Gasteiger partial charge < -0.3 is 9.84 Å². The summed E-state index contributed by atoms with van der Waals surface area (Å²) < 4.78 is 19.2. The Labute approximate surface area is 129 Å². The Balaban J connectivity index is 2.02. The van der Waals surface area contributed by atoms with Gasteiger partial charge in [0.05, 0.1) is 16.6 Å². The van der Waals surface area contributed by atoms with Crippen molar-refractivity contribution in [3.8, 4) is 11.6 Å². The van der Waals surface area contributed by atoms with Crippen LogP contribution in [0, 0.1) is 5.82 Å². The van der Waals surface area contributed by atoms with Gasteiger partial charge in [0, 0.05) is 11.5 Å². The number of rotatable bonds is 3. The van der Waals surface area contributed by atoms with Crippen LogP contribution in [0.25, 0.3) is 10.9 Å². The van der Waals surface area contributed by atoms with E-state index in [4.69, 9.17) is 4.74 Å². The molecule has 0 amide bonds. The summed E-state index contributed by atoms with van der Waals surface area (Å²) in [5.41, 5.74) is 1.47. The minimum atomic E-state index is -0.357. The van der Waals surface area contributed by atoms with Gasteiger partial charge >= 0.3 is 0 Å². The van der Waals surface area contributed by atoms with E-state index >= 15 is 0 Å². The number of fused-ring (bicyclic) bond motifs is 1. The van der Waals surface area contributed by atoms with Gasteiger partial charge in [-0.15, -0.1) is 0 Å². The minimum Gasteiger partial charge on any atom is -0.439 e. The predicted molar refractivity (Wildman–Crippen MR) is 81.8 cm³/mol. The number of aromatic nitrogens is 1. The highest BCUT2D eigenvalue weighted by Gasteiger charge is 2.08. The molecular weight excluding hydrogens is 337 g/mol. The van der Waals surface area contributed by atoms with E-state index in [0.29, 0.717) is 16.1 Å². The van der Waals surface area contributed by atoms with Gasteiger partial charge in [-0.2, -0.15) is 0 Å². The first kappa shape index (κ1) is 14.0. The van der Waals surface area contributed by atoms with Crippen LogP contribution in [0.4, 0.5) is 4.39 Å². The third kappa shape index (κ3) is 2.89. The van der Waals surface area contributed by atoms with Crippen LogP contribution in [0.15, 0.2) is 53.0 Å². The van der Waals surface area contributed by atoms with Gasteiger partial charge in [0.15, 0.2) is 0 Å². The molecule has 0 unspecified atom stereocenters. The van der Waals surface area contributed by atoms with E-state index in [1.807, 2.05) is 24.3 Å². The second kappa shape index (κ2) is 5.79. The van der Waals surface area contributed by atoms with Crippen molar-refractivity contribution in [2.75, 3.05) is 0 Å². The molecule has 0 spiro atoms. The third-order valence-corrected chi connectivity index (χ3v) is 3.67. The molecular formula is C16H11BrFNO2. The SMILES string of the molecule is OCc1cc(Oc2ccc(F)c(Br)c2)nc2ccccc12. The lowest BCUT2D eigenvalue weighted by Crippen LogP contribution is -1.94. The molecule has 3 aromatic rings. The number of benzene rings is 2. The predicted octanol–water partition coefficient (Wildman–Crippen LogP) is 4.42. The number of hydrogen-bond acceptors (Lipinski definition) is 3. The van der Waals surface area contributed by atoms with Crippen LogP contribution in [0.1, 0.15) is 5.56 Å². The summed E-state index contributed by atoms with van der Waals surface area (Å²) in [5, 5.41) is 10.3. The Kier molecular flexibility index (Phi) is 3.86. The lowest BCUT2D eigenvalue weighted by atomic mass is 10.1. The molecule has 0 atom stereocenters. The van der Waals surface area contributed by atoms with Gasteiger partial charge in [0.1, 0.15) is 11.6 Å². The summed E-state index contributed by atoms with van der Waals surface area (Å²) in [4.78, 5) is 4.39. The number of aliphatic hydroxyl groups excluding tert-OH is 1. The maximum Gasteiger partial charge on any atom is 0.220 e. The molecule has 0 fully saturated rings. The van der Waals surface area contributed by atoms with Gasteiger partial charge in [-0.05, 0) is 45.8 Å². The molecule has 1 heterocycles. The van der Waals surface area contributed by atoms with Crippen molar-refractivity contribution in [1.82, 2.24) is 4.98 Å². The van der Waals surface area contributed by atoms with E-state index in [2.05, 4.69) is 20.9 Å². The van der Waals surface area contributed by atoms with Crippen LogP contribution < -0.4 is 4.74 Å². The fraction of sp³-hybridized carbons (Fsp3) is 0.0625. The maximum atomic E-state index is 13.2. The van der Waals surface area contributed by atoms with Gasteiger partial charge in [-0.1, -0.05) is 18.2 Å². The van der Waals surface area contributed by atoms with Crippen molar-refractivity contribution >= 4 is 26.8 Å². The van der Waals surface area contributed by atoms with Crippen molar-refractivity contribution in [3.05, 3.63) is 64.4 Å². The second-order valence-corrected chi connectivity index (χ2v) is 5.33. The molecule has 0 saturated carbocycles. The Morgan fingerprint density at radius 3 is 2.71 bits per heavy atom. The zero-order valence-electron chi connectivity index (χ0n) is 10.9. The first-order chi connectivity index (χ1) is 10.2. The number of ether oxygens (including phenoxy) is 1. The molecule has 0 aliphatic rings. The summed E-state index contributed by atoms with van der Waals surface area (Å²) in [7, 11) is 0. The van der Waals surface area contributed by atoms with Crippen molar-refractivity contribution < 1.29 is 14.2 Å². The van der Waals surface area contributed by atoms with E-state index in [-0.39, 0.29) is 12.4 Å². The Bertz CT molecular complexity index is 807. The van der Waals surface area contributed by atoms with Crippen LogP contribution in [0.5, 0.6) is 11.6 Å². The average Bonchev–Trinajstić information content (AvgIpc) is 2.50. The van der Waals surface area contributed by atoms with E-state index in [0.717, 1.165) is 16.5 Å². The largest absolute Gasteiger partial charge is 0.439 e. The molecule has 3 nitrogen and oxygen atoms in total. The molecule has 2 aromatic carbocycles. The van der Waals surface area contributed by atoms with Crippen molar-refractivity contribution in [1.29, 1.82) is 0 Å². The summed E-state index contributed by atoms with van der Waals surface area (Å²) in [6, 6.07) is 13.6. The quantitative estimate of drug-likeness (QED) is 0.762. The highest BCUT2D eigenvalue weighted by molar-refractivity contribution is 9.10. The Morgan fingerprint density at radius 1 is 1.14 bits per heavy atom. The number of pyridine rings is 1. The van der Waals surface area contributed by atoms with Gasteiger partial charge in [0.2, 0.25) is 5.88 Å². The molecule has 5 heteroatoms. The zero-order chi connectivity index (χ0) is 14.8. The van der Waals surface area contributed by atoms with Crippen LogP contribution >= 0.6 is 15.9 Å². The maximum absolute atomic E-state index is 13.2. The Morgan fingerprint density at radius 2 is 1.95 bits per heavy atom. The number of halogens is 2. The normalized spacial score (nSPS) is 10.8. The fourth-order valence-corrected chi connectivity index (χ4v) is 2.42. The molecule has 21 heavy (non-hydrogen) atoms. The van der Waals surface area contributed by atoms with Crippen LogP contribution in [0.3, 0.4) is 0 Å². The van der Waals surface area contributed by atoms with Crippen molar-refractivity contribution in [3.63, 3.8) is 0 Å². The second-order valence-electron chi connectivity index (χ2n) is 4.47. The van der Waals surface area contributed by atoms with Crippen molar-refractivity contribution in [2.45, 2.75) is 6.61 Å². The monoisotopic (exact) mass is 347 g/mol. The third-order valence-electron chi connectivity index (χ3n) is 3.06. The van der Waals surface area contributed by atoms with Crippen LogP contribution in [-0.2, 0) is 6.61 Å². The molecule has 1 aromatic heterocycles. The average molecular weight is 348 g/mol. The molecule has 0 aliphatic carbocycles. The topological polar surface area (TPSA) is 42.4 Å². The zero-order valence-corrected chi connectivity index (χ0v) is 12.5. The number of aliphatic hydroxyl groups is 1. The summed E-state index contributed by atoms with van der Waals surface area (Å²) in [5.74, 6) is 0.469. The molecule has 0 radical (unpaired) electrons. The van der Waals surface area contributed by atoms with E-state index in [9.17, 15) is 9.50 Å². The molecule has 1 N–H and O–H groups in total. The lowest BCUT2D eigenvalue weighted by molar-refractivity contribution is 0.282. The number of para-hydroxylation sites is 1. The molecule has 0 bridgehead atoms. The fourth-order valence-electron chi connectivity index (χ4n) is 2.06.